The molecule has 4 rings (SSSR count). The Bertz CT molecular complexity index is 999. The monoisotopic (exact) mass is 403 g/mol. The molecular formula is C23H29N7. The number of nitrogens with one attached hydrogen (secondary N) is 1. The molecule has 1 fully saturated rings. The zero-order valence-electron chi connectivity index (χ0n) is 17.6. The van der Waals surface area contributed by atoms with E-state index in [1.807, 2.05) is 24.3 Å². The van der Waals surface area contributed by atoms with E-state index in [-0.39, 0.29) is 0 Å². The number of nitrogens with zero attached hydrogens (tertiary/aromatic N) is 5. The number of piperazine rings is 1. The van der Waals surface area contributed by atoms with Crippen LogP contribution in [0.25, 0.3) is 11.4 Å². The Hall–Kier alpha value is -3.19. The molecule has 0 amide bonds. The summed E-state index contributed by atoms with van der Waals surface area (Å²) in [4.78, 5) is 4.94. The smallest absolute Gasteiger partial charge is 0.179 e. The second-order valence-corrected chi connectivity index (χ2v) is 8.11. The number of hydrogen-bond acceptors (Lipinski definition) is 6. The molecule has 1 aliphatic heterocycles. The second-order valence-electron chi connectivity index (χ2n) is 8.11. The van der Waals surface area contributed by atoms with Crippen LogP contribution in [0, 0.1) is 0 Å². The Morgan fingerprint density at radius 2 is 2.00 bits per heavy atom. The van der Waals surface area contributed by atoms with Crippen LogP contribution in [0.4, 0.5) is 11.4 Å². The first-order valence-corrected chi connectivity index (χ1v) is 10.4. The summed E-state index contributed by atoms with van der Waals surface area (Å²) in [5, 5.41) is 14.4. The number of aromatic amines is 1. The molecule has 1 aromatic heterocycles. The van der Waals surface area contributed by atoms with Crippen molar-refractivity contribution in [1.82, 2.24) is 25.5 Å². The summed E-state index contributed by atoms with van der Waals surface area (Å²) in [7, 11) is 0. The molecule has 3 aromatic rings. The number of hydrogen-bond donors (Lipinski definition) is 2. The van der Waals surface area contributed by atoms with Gasteiger partial charge in [0.2, 0.25) is 0 Å². The predicted octanol–water partition coefficient (Wildman–Crippen LogP) is 3.12. The fraction of sp³-hybridized carbons (Fsp3) is 0.348. The normalized spacial score (nSPS) is 19.7. The number of tetrazole rings is 1. The van der Waals surface area contributed by atoms with Crippen molar-refractivity contribution in [3.05, 3.63) is 66.2 Å². The van der Waals surface area contributed by atoms with Crippen molar-refractivity contribution in [2.75, 3.05) is 30.3 Å². The molecule has 1 aliphatic rings. The van der Waals surface area contributed by atoms with E-state index in [1.165, 1.54) is 11.3 Å². The van der Waals surface area contributed by atoms with Crippen LogP contribution in [0.1, 0.15) is 25.0 Å². The number of anilines is 2. The number of H-pyrrole nitrogens is 1. The molecule has 0 bridgehead atoms. The zero-order valence-corrected chi connectivity index (χ0v) is 17.6. The van der Waals surface area contributed by atoms with Gasteiger partial charge < -0.3 is 10.6 Å². The molecule has 2 heterocycles. The van der Waals surface area contributed by atoms with Gasteiger partial charge in [-0.1, -0.05) is 30.3 Å². The van der Waals surface area contributed by atoms with Gasteiger partial charge in [0.15, 0.2) is 5.82 Å². The van der Waals surface area contributed by atoms with E-state index >= 15 is 0 Å². The van der Waals surface area contributed by atoms with Crippen LogP contribution in [-0.2, 0) is 6.42 Å². The first-order valence-electron chi connectivity index (χ1n) is 10.4. The maximum absolute atomic E-state index is 6.32. The lowest BCUT2D eigenvalue weighted by molar-refractivity contribution is 0.184. The average Bonchev–Trinajstić information content (AvgIpc) is 3.25. The summed E-state index contributed by atoms with van der Waals surface area (Å²) in [6, 6.07) is 15.5. The lowest BCUT2D eigenvalue weighted by atomic mass is 9.98. The highest BCUT2D eigenvalue weighted by atomic mass is 15.5. The third kappa shape index (κ3) is 4.21. The fourth-order valence-electron chi connectivity index (χ4n) is 4.34. The van der Waals surface area contributed by atoms with E-state index < -0.39 is 0 Å². The fourth-order valence-corrected chi connectivity index (χ4v) is 4.34. The highest BCUT2D eigenvalue weighted by Crippen LogP contribution is 2.29. The molecule has 0 spiro atoms. The quantitative estimate of drug-likeness (QED) is 0.486. The van der Waals surface area contributed by atoms with Gasteiger partial charge in [0.05, 0.1) is 0 Å². The molecule has 156 valence electrons. The van der Waals surface area contributed by atoms with E-state index in [4.69, 9.17) is 5.73 Å². The van der Waals surface area contributed by atoms with Crippen LogP contribution in [0.3, 0.4) is 0 Å². The minimum atomic E-state index is 0.406. The first-order chi connectivity index (χ1) is 14.5. The van der Waals surface area contributed by atoms with Gasteiger partial charge in [-0.3, -0.25) is 4.90 Å². The average molecular weight is 404 g/mol. The Labute approximate surface area is 177 Å². The molecule has 0 aliphatic carbocycles. The van der Waals surface area contributed by atoms with Crippen molar-refractivity contribution in [3.63, 3.8) is 0 Å². The van der Waals surface area contributed by atoms with E-state index in [0.717, 1.165) is 42.9 Å². The van der Waals surface area contributed by atoms with Gasteiger partial charge >= 0.3 is 0 Å². The van der Waals surface area contributed by atoms with Gasteiger partial charge in [0, 0.05) is 48.7 Å². The number of benzene rings is 2. The molecule has 3 N–H and O–H groups in total. The molecule has 7 heteroatoms. The van der Waals surface area contributed by atoms with Crippen LogP contribution in [0.15, 0.2) is 55.1 Å². The molecule has 7 nitrogen and oxygen atoms in total. The Kier molecular flexibility index (Phi) is 5.81. The molecule has 0 saturated carbocycles. The van der Waals surface area contributed by atoms with Crippen LogP contribution in [0.2, 0.25) is 0 Å². The SMILES string of the molecule is C=CCN1C[C@H](C)N(c2cc(N)cc(Cc3ccccc3-c3nnn[nH]3)c2)C[C@H]1C. The van der Waals surface area contributed by atoms with Crippen LogP contribution in [0.5, 0.6) is 0 Å². The van der Waals surface area contributed by atoms with Crippen molar-refractivity contribution in [2.24, 2.45) is 0 Å². The van der Waals surface area contributed by atoms with Gasteiger partial charge in [0.25, 0.3) is 0 Å². The summed E-state index contributed by atoms with van der Waals surface area (Å²) in [5.74, 6) is 0.676. The van der Waals surface area contributed by atoms with Crippen molar-refractivity contribution in [3.8, 4) is 11.4 Å². The molecular weight excluding hydrogens is 374 g/mol. The highest BCUT2D eigenvalue weighted by Gasteiger charge is 2.28. The zero-order chi connectivity index (χ0) is 21.1. The third-order valence-corrected chi connectivity index (χ3v) is 5.82. The van der Waals surface area contributed by atoms with E-state index in [9.17, 15) is 0 Å². The van der Waals surface area contributed by atoms with Gasteiger partial charge in [-0.2, -0.15) is 0 Å². The summed E-state index contributed by atoms with van der Waals surface area (Å²) in [6.45, 7) is 11.4. The second kappa shape index (κ2) is 8.67. The van der Waals surface area contributed by atoms with E-state index in [0.29, 0.717) is 17.9 Å². The summed E-state index contributed by atoms with van der Waals surface area (Å²) in [5.41, 5.74) is 11.6. The Morgan fingerprint density at radius 1 is 1.17 bits per heavy atom. The van der Waals surface area contributed by atoms with Crippen molar-refractivity contribution < 1.29 is 0 Å². The molecule has 1 saturated heterocycles. The summed E-state index contributed by atoms with van der Waals surface area (Å²) < 4.78 is 0. The molecule has 30 heavy (non-hydrogen) atoms. The van der Waals surface area contributed by atoms with Crippen LogP contribution in [-0.4, -0.2) is 57.2 Å². The van der Waals surface area contributed by atoms with Gasteiger partial charge in [0.1, 0.15) is 0 Å². The highest BCUT2D eigenvalue weighted by molar-refractivity contribution is 5.63. The maximum Gasteiger partial charge on any atom is 0.179 e. The van der Waals surface area contributed by atoms with Gasteiger partial charge in [-0.25, -0.2) is 5.10 Å². The van der Waals surface area contributed by atoms with E-state index in [2.05, 4.69) is 75.1 Å². The molecule has 0 radical (unpaired) electrons. The topological polar surface area (TPSA) is 87.0 Å². The molecule has 2 aromatic carbocycles. The van der Waals surface area contributed by atoms with Gasteiger partial charge in [-0.15, -0.1) is 11.7 Å². The minimum Gasteiger partial charge on any atom is -0.399 e. The number of nitrogens with two attached hydrogens (primary N) is 1. The van der Waals surface area contributed by atoms with Crippen molar-refractivity contribution in [1.29, 1.82) is 0 Å². The summed E-state index contributed by atoms with van der Waals surface area (Å²) >= 11 is 0. The number of rotatable bonds is 6. The van der Waals surface area contributed by atoms with Crippen molar-refractivity contribution in [2.45, 2.75) is 32.4 Å². The largest absolute Gasteiger partial charge is 0.399 e. The third-order valence-electron chi connectivity index (χ3n) is 5.82. The Morgan fingerprint density at radius 3 is 2.77 bits per heavy atom. The first kappa shape index (κ1) is 20.1. The predicted molar refractivity (Wildman–Crippen MR) is 121 cm³/mol. The van der Waals surface area contributed by atoms with E-state index in [1.54, 1.807) is 0 Å². The standard InChI is InChI=1S/C23H29N7/c1-4-9-29-14-17(3)30(15-16(29)2)21-12-18(11-20(24)13-21)10-19-7-5-6-8-22(19)23-25-27-28-26-23/h4-8,11-13,16-17H,1,9-10,14-15,24H2,2-3H3,(H,25,26,27,28)/t16-,17+/m1/s1. The summed E-state index contributed by atoms with van der Waals surface area (Å²) in [6.07, 6.45) is 2.74. The number of aromatic nitrogens is 4. The van der Waals surface area contributed by atoms with Crippen molar-refractivity contribution >= 4 is 11.4 Å². The number of nitrogen functional groups attached to an aromatic ring is 1. The lowest BCUT2D eigenvalue weighted by Gasteiger charge is -2.45. The maximum atomic E-state index is 6.32. The lowest BCUT2D eigenvalue weighted by Crippen LogP contribution is -2.56. The van der Waals surface area contributed by atoms with Gasteiger partial charge in [-0.05, 0) is 60.0 Å². The van der Waals surface area contributed by atoms with Crippen LogP contribution >= 0.6 is 0 Å². The minimum absolute atomic E-state index is 0.406. The molecule has 2 atom stereocenters. The Balaban J connectivity index is 1.60. The molecule has 0 unspecified atom stereocenters. The van der Waals surface area contributed by atoms with Crippen LogP contribution < -0.4 is 10.6 Å².